The summed E-state index contributed by atoms with van der Waals surface area (Å²) in [6.45, 7) is 2.84. The fraction of sp³-hybridized carbons (Fsp3) is 0.350. The van der Waals surface area contributed by atoms with Crippen molar-refractivity contribution in [2.45, 2.75) is 32.6 Å². The molecule has 2 aromatic rings. The molecule has 5 nitrogen and oxygen atoms in total. The normalized spacial score (nSPS) is 11.4. The van der Waals surface area contributed by atoms with Crippen LogP contribution < -0.4 is 5.73 Å². The fourth-order valence-electron chi connectivity index (χ4n) is 2.68. The zero-order chi connectivity index (χ0) is 21.6. The molecule has 9 heteroatoms. The van der Waals surface area contributed by atoms with Crippen molar-refractivity contribution in [2.75, 3.05) is 19.3 Å². The average Bonchev–Trinajstić information content (AvgIpc) is 2.68. The smallest absolute Gasteiger partial charge is 0.268 e. The second kappa shape index (κ2) is 9.99. The molecule has 2 rings (SSSR count). The molecule has 0 unspecified atom stereocenters. The molecule has 0 fully saturated rings. The summed E-state index contributed by atoms with van der Waals surface area (Å²) in [6, 6.07) is 1.19. The van der Waals surface area contributed by atoms with Crippen LogP contribution in [0.4, 0.5) is 23.4 Å². The lowest BCUT2D eigenvalue weighted by molar-refractivity contribution is 0.111. The molecule has 2 N–H and O–H groups in total. The van der Waals surface area contributed by atoms with Crippen molar-refractivity contribution in [3.8, 4) is 11.4 Å². The second-order valence-corrected chi connectivity index (χ2v) is 6.51. The third-order valence-electron chi connectivity index (χ3n) is 4.34. The largest absolute Gasteiger partial charge is 0.383 e. The Morgan fingerprint density at radius 2 is 1.97 bits per heavy atom. The van der Waals surface area contributed by atoms with Crippen molar-refractivity contribution in [3.05, 3.63) is 46.8 Å². The summed E-state index contributed by atoms with van der Waals surface area (Å²) in [6.07, 6.45) is 4.29. The molecular weight excluding hydrogens is 388 g/mol. The Bertz CT molecular complexity index is 903. The Labute approximate surface area is 166 Å². The van der Waals surface area contributed by atoms with Gasteiger partial charge in [-0.05, 0) is 30.3 Å². The number of benzene rings is 1. The van der Waals surface area contributed by atoms with Gasteiger partial charge in [-0.25, -0.2) is 27.5 Å². The Balaban J connectivity index is 2.45. The zero-order valence-corrected chi connectivity index (χ0v) is 16.1. The van der Waals surface area contributed by atoms with Gasteiger partial charge >= 0.3 is 0 Å². The van der Waals surface area contributed by atoms with E-state index in [1.165, 1.54) is 12.1 Å². The topological polar surface area (TPSA) is 72.1 Å². The first-order valence-electron chi connectivity index (χ1n) is 9.06. The van der Waals surface area contributed by atoms with Gasteiger partial charge in [-0.2, -0.15) is 0 Å². The van der Waals surface area contributed by atoms with Gasteiger partial charge in [-0.15, -0.1) is 0 Å². The van der Waals surface area contributed by atoms with Gasteiger partial charge in [0.05, 0.1) is 16.7 Å². The number of nitrogen functional groups attached to an aromatic ring is 1. The molecule has 1 aromatic heterocycles. The summed E-state index contributed by atoms with van der Waals surface area (Å²) < 4.78 is 54.5. The minimum Gasteiger partial charge on any atom is -0.383 e. The Kier molecular flexibility index (Phi) is 7.69. The first-order valence-corrected chi connectivity index (χ1v) is 9.06. The van der Waals surface area contributed by atoms with Crippen LogP contribution in [0.3, 0.4) is 0 Å². The van der Waals surface area contributed by atoms with E-state index >= 15 is 0 Å². The van der Waals surface area contributed by atoms with Crippen molar-refractivity contribution >= 4 is 18.2 Å². The number of nitrogens with two attached hydrogens (primary N) is 1. The predicted molar refractivity (Wildman–Crippen MR) is 103 cm³/mol. The monoisotopic (exact) mass is 410 g/mol. The molecule has 29 heavy (non-hydrogen) atoms. The number of anilines is 1. The third kappa shape index (κ3) is 5.30. The first-order chi connectivity index (χ1) is 13.8. The number of hydrogen-bond donors (Lipinski definition) is 1. The summed E-state index contributed by atoms with van der Waals surface area (Å²) in [5, 5.41) is 0. The van der Waals surface area contributed by atoms with E-state index in [4.69, 9.17) is 5.73 Å². The van der Waals surface area contributed by atoms with E-state index in [1.807, 2.05) is 11.9 Å². The van der Waals surface area contributed by atoms with E-state index in [2.05, 4.69) is 16.9 Å². The Hall–Kier alpha value is -2.97. The van der Waals surface area contributed by atoms with Crippen LogP contribution in [0.5, 0.6) is 0 Å². The SMILES string of the molecule is CCCCCN(C)/C=C\c1cc(-c2ncc(C(F)F)c(N)n2)c(F)c(F)c1C=O. The van der Waals surface area contributed by atoms with Gasteiger partial charge in [0.15, 0.2) is 23.7 Å². The molecule has 0 radical (unpaired) electrons. The number of aldehydes is 1. The number of hydrogen-bond acceptors (Lipinski definition) is 5. The number of rotatable bonds is 9. The van der Waals surface area contributed by atoms with E-state index in [9.17, 15) is 22.4 Å². The average molecular weight is 410 g/mol. The summed E-state index contributed by atoms with van der Waals surface area (Å²) in [7, 11) is 1.82. The fourth-order valence-corrected chi connectivity index (χ4v) is 2.68. The molecule has 156 valence electrons. The maximum atomic E-state index is 14.5. The quantitative estimate of drug-likeness (QED) is 0.364. The molecule has 0 spiro atoms. The molecule has 0 aliphatic carbocycles. The van der Waals surface area contributed by atoms with Crippen LogP contribution in [-0.4, -0.2) is 34.7 Å². The second-order valence-electron chi connectivity index (χ2n) is 6.51. The summed E-state index contributed by atoms with van der Waals surface area (Å²) in [4.78, 5) is 20.5. The van der Waals surface area contributed by atoms with Crippen molar-refractivity contribution < 1.29 is 22.4 Å². The van der Waals surface area contributed by atoms with E-state index in [0.717, 1.165) is 32.0 Å². The number of carbonyl (C=O) groups is 1. The molecule has 0 bridgehead atoms. The molecule has 0 atom stereocenters. The summed E-state index contributed by atoms with van der Waals surface area (Å²) >= 11 is 0. The van der Waals surface area contributed by atoms with Crippen LogP contribution in [0.2, 0.25) is 0 Å². The van der Waals surface area contributed by atoms with Crippen LogP contribution in [0.15, 0.2) is 18.5 Å². The van der Waals surface area contributed by atoms with Crippen molar-refractivity contribution in [1.82, 2.24) is 14.9 Å². The number of alkyl halides is 2. The molecule has 0 aliphatic rings. The standard InChI is InChI=1S/C20H22F4N4O/c1-3-4-5-7-28(2)8-6-12-9-13(16(21)17(22)15(12)11-29)20-26-10-14(18(23)24)19(25)27-20/h6,8-11,18H,3-5,7H2,1-2H3,(H2,25,26,27)/b8-6-. The van der Waals surface area contributed by atoms with E-state index in [-0.39, 0.29) is 23.2 Å². The maximum absolute atomic E-state index is 14.5. The minimum atomic E-state index is -2.90. The van der Waals surface area contributed by atoms with E-state index < -0.39 is 35.0 Å². The number of halogens is 4. The van der Waals surface area contributed by atoms with Crippen molar-refractivity contribution in [1.29, 1.82) is 0 Å². The van der Waals surface area contributed by atoms with Gasteiger partial charge < -0.3 is 10.6 Å². The zero-order valence-electron chi connectivity index (χ0n) is 16.1. The lowest BCUT2D eigenvalue weighted by Gasteiger charge is -2.14. The number of carbonyl (C=O) groups excluding carboxylic acids is 1. The lowest BCUT2D eigenvalue weighted by atomic mass is 10.0. The van der Waals surface area contributed by atoms with Crippen LogP contribution in [-0.2, 0) is 0 Å². The highest BCUT2D eigenvalue weighted by Crippen LogP contribution is 2.30. The molecule has 1 heterocycles. The van der Waals surface area contributed by atoms with Gasteiger partial charge in [-0.1, -0.05) is 19.8 Å². The molecule has 0 saturated carbocycles. The Morgan fingerprint density at radius 3 is 2.55 bits per heavy atom. The molecule has 1 aromatic carbocycles. The first kappa shape index (κ1) is 22.3. The minimum absolute atomic E-state index is 0.108. The molecule has 0 saturated heterocycles. The van der Waals surface area contributed by atoms with Crippen LogP contribution in [0.25, 0.3) is 17.5 Å². The van der Waals surface area contributed by atoms with Gasteiger partial charge in [0.25, 0.3) is 6.43 Å². The van der Waals surface area contributed by atoms with Gasteiger partial charge in [0.1, 0.15) is 5.82 Å². The van der Waals surface area contributed by atoms with Crippen molar-refractivity contribution in [2.24, 2.45) is 0 Å². The summed E-state index contributed by atoms with van der Waals surface area (Å²) in [5.41, 5.74) is 4.14. The van der Waals surface area contributed by atoms with Gasteiger partial charge in [0, 0.05) is 19.8 Å². The van der Waals surface area contributed by atoms with Gasteiger partial charge in [0.2, 0.25) is 0 Å². The number of aromatic nitrogens is 2. The molecule has 0 aliphatic heterocycles. The number of nitrogens with zero attached hydrogens (tertiary/aromatic N) is 3. The third-order valence-corrected chi connectivity index (χ3v) is 4.34. The van der Waals surface area contributed by atoms with Crippen LogP contribution in [0.1, 0.15) is 54.1 Å². The molecular formula is C20H22F4N4O. The highest BCUT2D eigenvalue weighted by molar-refractivity contribution is 5.84. The molecule has 0 amide bonds. The van der Waals surface area contributed by atoms with E-state index in [1.54, 1.807) is 6.20 Å². The Morgan fingerprint density at radius 1 is 1.24 bits per heavy atom. The highest BCUT2D eigenvalue weighted by Gasteiger charge is 2.21. The maximum Gasteiger partial charge on any atom is 0.268 e. The van der Waals surface area contributed by atoms with Crippen LogP contribution >= 0.6 is 0 Å². The van der Waals surface area contributed by atoms with Crippen LogP contribution in [0, 0.1) is 11.6 Å². The lowest BCUT2D eigenvalue weighted by Crippen LogP contribution is -2.12. The van der Waals surface area contributed by atoms with Crippen molar-refractivity contribution in [3.63, 3.8) is 0 Å². The number of unbranched alkanes of at least 4 members (excludes halogenated alkanes) is 2. The van der Waals surface area contributed by atoms with E-state index in [0.29, 0.717) is 0 Å². The summed E-state index contributed by atoms with van der Waals surface area (Å²) in [5.74, 6) is -3.61. The predicted octanol–water partition coefficient (Wildman–Crippen LogP) is 4.85. The van der Waals surface area contributed by atoms with Gasteiger partial charge in [-0.3, -0.25) is 4.79 Å². The highest BCUT2D eigenvalue weighted by atomic mass is 19.3.